The fourth-order valence-electron chi connectivity index (χ4n) is 1.01. The molecule has 0 spiro atoms. The van der Waals surface area contributed by atoms with E-state index in [-0.39, 0.29) is 33.7 Å². The van der Waals surface area contributed by atoms with Crippen molar-refractivity contribution in [2.45, 2.75) is 10.3 Å². The summed E-state index contributed by atoms with van der Waals surface area (Å²) in [6, 6.07) is 2.47. The van der Waals surface area contributed by atoms with Crippen LogP contribution in [0.4, 0.5) is 11.6 Å². The minimum Gasteiger partial charge on any atom is -0.493 e. The van der Waals surface area contributed by atoms with Gasteiger partial charge in [-0.2, -0.15) is 9.97 Å². The fourth-order valence-corrected chi connectivity index (χ4v) is 2.60. The van der Waals surface area contributed by atoms with Gasteiger partial charge in [0.15, 0.2) is 0 Å². The summed E-state index contributed by atoms with van der Waals surface area (Å²) in [5.41, 5.74) is 10.9. The van der Waals surface area contributed by atoms with Crippen molar-refractivity contribution in [3.8, 4) is 11.8 Å². The highest BCUT2D eigenvalue weighted by molar-refractivity contribution is 8.76. The summed E-state index contributed by atoms with van der Waals surface area (Å²) >= 11 is 0. The van der Waals surface area contributed by atoms with Gasteiger partial charge in [0, 0.05) is 12.1 Å². The zero-order chi connectivity index (χ0) is 13.1. The molecule has 0 fully saturated rings. The molecule has 2 heterocycles. The second kappa shape index (κ2) is 5.14. The maximum atomic E-state index is 9.23. The number of nitrogens with zero attached hydrogens (tertiary/aromatic N) is 4. The van der Waals surface area contributed by atoms with Crippen LogP contribution in [0.25, 0.3) is 0 Å². The number of aromatic hydroxyl groups is 2. The molecule has 6 N–H and O–H groups in total. The van der Waals surface area contributed by atoms with Gasteiger partial charge in [0.25, 0.3) is 0 Å². The minimum absolute atomic E-state index is 0.155. The van der Waals surface area contributed by atoms with Crippen molar-refractivity contribution in [3.63, 3.8) is 0 Å². The van der Waals surface area contributed by atoms with Crippen LogP contribution in [0, 0.1) is 0 Å². The molecule has 0 saturated heterocycles. The van der Waals surface area contributed by atoms with Crippen LogP contribution in [-0.2, 0) is 0 Å². The monoisotopic (exact) mass is 284 g/mol. The normalized spacial score (nSPS) is 10.4. The van der Waals surface area contributed by atoms with Crippen LogP contribution < -0.4 is 11.5 Å². The SMILES string of the molecule is Nc1cc(O)nc(SSc2nc(N)cc(O)n2)n1. The average Bonchev–Trinajstić information content (AvgIpc) is 2.23. The Labute approximate surface area is 109 Å². The quantitative estimate of drug-likeness (QED) is 0.468. The van der Waals surface area contributed by atoms with Crippen LogP contribution in [-0.4, -0.2) is 30.1 Å². The molecule has 10 heteroatoms. The molecule has 0 unspecified atom stereocenters. The van der Waals surface area contributed by atoms with Gasteiger partial charge in [0.2, 0.25) is 22.1 Å². The summed E-state index contributed by atoms with van der Waals surface area (Å²) < 4.78 is 0. The second-order valence-corrected chi connectivity index (χ2v) is 5.10. The molecule has 8 nitrogen and oxygen atoms in total. The van der Waals surface area contributed by atoms with Crippen molar-refractivity contribution in [2.75, 3.05) is 11.5 Å². The number of aromatic nitrogens is 4. The van der Waals surface area contributed by atoms with Gasteiger partial charge in [0.05, 0.1) is 0 Å². The lowest BCUT2D eigenvalue weighted by Crippen LogP contribution is -1.95. The maximum Gasteiger partial charge on any atom is 0.216 e. The first-order chi connectivity index (χ1) is 8.52. The van der Waals surface area contributed by atoms with Gasteiger partial charge in [0.1, 0.15) is 11.6 Å². The number of anilines is 2. The Bertz CT molecular complexity index is 490. The van der Waals surface area contributed by atoms with Crippen LogP contribution >= 0.6 is 21.6 Å². The maximum absolute atomic E-state index is 9.23. The van der Waals surface area contributed by atoms with Crippen molar-refractivity contribution in [3.05, 3.63) is 12.1 Å². The van der Waals surface area contributed by atoms with E-state index in [4.69, 9.17) is 11.5 Å². The first kappa shape index (κ1) is 12.5. The molecular formula is C8H8N6O2S2. The Kier molecular flexibility index (Phi) is 3.58. The average molecular weight is 284 g/mol. The summed E-state index contributed by atoms with van der Waals surface area (Å²) in [6.45, 7) is 0. The van der Waals surface area contributed by atoms with E-state index in [0.29, 0.717) is 0 Å². The van der Waals surface area contributed by atoms with Crippen molar-refractivity contribution in [2.24, 2.45) is 0 Å². The van der Waals surface area contributed by atoms with Crippen LogP contribution in [0.15, 0.2) is 22.4 Å². The number of rotatable bonds is 3. The molecule has 0 aliphatic rings. The first-order valence-electron chi connectivity index (χ1n) is 4.54. The fraction of sp³-hybridized carbons (Fsp3) is 0. The van der Waals surface area contributed by atoms with E-state index >= 15 is 0 Å². The third kappa shape index (κ3) is 3.28. The molecule has 0 bridgehead atoms. The van der Waals surface area contributed by atoms with Crippen molar-refractivity contribution in [1.82, 2.24) is 19.9 Å². The lowest BCUT2D eigenvalue weighted by molar-refractivity contribution is 0.445. The zero-order valence-electron chi connectivity index (χ0n) is 8.81. The molecule has 0 amide bonds. The largest absolute Gasteiger partial charge is 0.493 e. The van der Waals surface area contributed by atoms with Crippen molar-refractivity contribution < 1.29 is 10.2 Å². The summed E-state index contributed by atoms with van der Waals surface area (Å²) in [5, 5.41) is 19.0. The molecule has 2 aromatic rings. The van der Waals surface area contributed by atoms with Gasteiger partial charge < -0.3 is 21.7 Å². The van der Waals surface area contributed by atoms with Gasteiger partial charge in [-0.25, -0.2) is 9.97 Å². The van der Waals surface area contributed by atoms with Crippen LogP contribution in [0.3, 0.4) is 0 Å². The smallest absolute Gasteiger partial charge is 0.216 e. The highest BCUT2D eigenvalue weighted by Crippen LogP contribution is 2.35. The molecule has 0 atom stereocenters. The van der Waals surface area contributed by atoms with E-state index in [1.54, 1.807) is 0 Å². The molecule has 0 aliphatic heterocycles. The van der Waals surface area contributed by atoms with Crippen LogP contribution in [0.1, 0.15) is 0 Å². The second-order valence-electron chi connectivity index (χ2n) is 3.03. The van der Waals surface area contributed by atoms with Crippen molar-refractivity contribution >= 4 is 33.2 Å². The van der Waals surface area contributed by atoms with E-state index in [9.17, 15) is 10.2 Å². The predicted octanol–water partition coefficient (Wildman–Crippen LogP) is 0.642. The summed E-state index contributed by atoms with van der Waals surface area (Å²) in [5.74, 6) is -0.132. The molecule has 18 heavy (non-hydrogen) atoms. The molecule has 0 saturated carbocycles. The predicted molar refractivity (Wildman–Crippen MR) is 67.9 cm³/mol. The summed E-state index contributed by atoms with van der Waals surface area (Å²) in [4.78, 5) is 15.3. The number of nitrogen functional groups attached to an aromatic ring is 2. The topological polar surface area (TPSA) is 144 Å². The van der Waals surface area contributed by atoms with Gasteiger partial charge in [-0.1, -0.05) is 0 Å². The third-order valence-electron chi connectivity index (χ3n) is 1.61. The Morgan fingerprint density at radius 2 is 1.17 bits per heavy atom. The van der Waals surface area contributed by atoms with Crippen molar-refractivity contribution in [1.29, 1.82) is 0 Å². The van der Waals surface area contributed by atoms with E-state index < -0.39 is 0 Å². The van der Waals surface area contributed by atoms with Gasteiger partial charge in [-0.05, 0) is 21.6 Å². The standard InChI is InChI=1S/C8H8N6O2S2/c9-3-1-5(15)13-7(11-3)17-18-8-12-4(10)2-6(16)14-8/h1-2H,(H3,9,11,13,15)(H3,10,12,14,16). The van der Waals surface area contributed by atoms with Gasteiger partial charge in [-0.3, -0.25) is 0 Å². The van der Waals surface area contributed by atoms with Gasteiger partial charge in [-0.15, -0.1) is 0 Å². The summed E-state index contributed by atoms with van der Waals surface area (Å²) in [6.07, 6.45) is 0. The summed E-state index contributed by atoms with van der Waals surface area (Å²) in [7, 11) is 2.16. The van der Waals surface area contributed by atoms with Crippen LogP contribution in [0.5, 0.6) is 11.8 Å². The zero-order valence-corrected chi connectivity index (χ0v) is 10.4. The number of nitrogens with two attached hydrogens (primary N) is 2. The molecule has 0 aromatic carbocycles. The van der Waals surface area contributed by atoms with E-state index in [0.717, 1.165) is 21.6 Å². The third-order valence-corrected chi connectivity index (χ3v) is 3.51. The Morgan fingerprint density at radius 3 is 1.50 bits per heavy atom. The molecular weight excluding hydrogens is 276 g/mol. The number of hydrogen-bond acceptors (Lipinski definition) is 10. The lowest BCUT2D eigenvalue weighted by atomic mass is 10.6. The first-order valence-corrected chi connectivity index (χ1v) is 6.69. The Morgan fingerprint density at radius 1 is 0.778 bits per heavy atom. The molecule has 2 rings (SSSR count). The number of hydrogen-bond donors (Lipinski definition) is 4. The molecule has 0 aliphatic carbocycles. The molecule has 94 valence electrons. The van der Waals surface area contributed by atoms with E-state index in [1.807, 2.05) is 0 Å². The van der Waals surface area contributed by atoms with E-state index in [2.05, 4.69) is 19.9 Å². The Hall–Kier alpha value is -1.94. The highest BCUT2D eigenvalue weighted by atomic mass is 33.1. The molecule has 2 aromatic heterocycles. The highest BCUT2D eigenvalue weighted by Gasteiger charge is 2.07. The van der Waals surface area contributed by atoms with Gasteiger partial charge >= 0.3 is 0 Å². The van der Waals surface area contributed by atoms with E-state index in [1.165, 1.54) is 12.1 Å². The Balaban J connectivity index is 2.11. The van der Waals surface area contributed by atoms with Crippen LogP contribution in [0.2, 0.25) is 0 Å². The lowest BCUT2D eigenvalue weighted by Gasteiger charge is -2.02. The molecule has 0 radical (unpaired) electrons. The minimum atomic E-state index is -0.220.